The molecule has 0 bridgehead atoms. The number of nitrogens with one attached hydrogen (secondary N) is 1. The largest absolute Gasteiger partial charge is 0.451 e. The van der Waals surface area contributed by atoms with Crippen LogP contribution < -0.4 is 5.43 Å². The lowest BCUT2D eigenvalue weighted by molar-refractivity contribution is -0.384. The van der Waals surface area contributed by atoms with Crippen molar-refractivity contribution in [3.63, 3.8) is 0 Å². The number of hydrogen-bond donors (Lipinski definition) is 1. The molecule has 9 heteroatoms. The van der Waals surface area contributed by atoms with Crippen LogP contribution >= 0.6 is 23.2 Å². The molecule has 0 aliphatic rings. The molecule has 126 valence electrons. The second-order valence-corrected chi connectivity index (χ2v) is 5.80. The minimum Gasteiger partial charge on any atom is -0.451 e. The summed E-state index contributed by atoms with van der Waals surface area (Å²) in [6, 6.07) is 10.4. The molecule has 0 spiro atoms. The lowest BCUT2D eigenvalue weighted by atomic mass is 10.2. The summed E-state index contributed by atoms with van der Waals surface area (Å²) in [5, 5.41) is 16.0. The van der Waals surface area contributed by atoms with E-state index in [1.807, 2.05) is 0 Å². The lowest BCUT2D eigenvalue weighted by Crippen LogP contribution is -2.16. The van der Waals surface area contributed by atoms with Gasteiger partial charge in [0, 0.05) is 33.1 Å². The molecule has 0 atom stereocenters. The molecule has 7 nitrogen and oxygen atoms in total. The van der Waals surface area contributed by atoms with E-state index in [-0.39, 0.29) is 16.5 Å². The van der Waals surface area contributed by atoms with Crippen molar-refractivity contribution < 1.29 is 14.1 Å². The fraction of sp³-hybridized carbons (Fsp3) is 0. The summed E-state index contributed by atoms with van der Waals surface area (Å²) >= 11 is 11.8. The highest BCUT2D eigenvalue weighted by atomic mass is 35.5. The quantitative estimate of drug-likeness (QED) is 0.413. The molecule has 0 aliphatic heterocycles. The van der Waals surface area contributed by atoms with Gasteiger partial charge in [-0.15, -0.1) is 0 Å². The van der Waals surface area contributed by atoms with E-state index in [4.69, 9.17) is 27.6 Å². The Hall–Kier alpha value is -2.90. The summed E-state index contributed by atoms with van der Waals surface area (Å²) in [6.07, 6.45) is 1.22. The number of halogens is 2. The van der Waals surface area contributed by atoms with Crippen molar-refractivity contribution in [3.05, 3.63) is 73.9 Å². The number of nitro groups is 1. The van der Waals surface area contributed by atoms with Crippen molar-refractivity contribution in [1.29, 1.82) is 0 Å². The van der Waals surface area contributed by atoms with Crippen LogP contribution in [-0.4, -0.2) is 17.0 Å². The standard InChI is InChI=1S/C16H9Cl2N3O4/c17-11-1-4-14-9(5-11)7-15(25-14)16(22)20-19-8-10-6-12(21(23)24)2-3-13(10)18/h1-8H,(H,20,22)/b19-8-. The molecule has 0 saturated heterocycles. The van der Waals surface area contributed by atoms with E-state index in [1.165, 1.54) is 30.5 Å². The van der Waals surface area contributed by atoms with Crippen LogP contribution in [-0.2, 0) is 0 Å². The first-order valence-corrected chi connectivity index (χ1v) is 7.66. The van der Waals surface area contributed by atoms with Crippen LogP contribution in [0.15, 0.2) is 52.0 Å². The molecule has 0 unspecified atom stereocenters. The fourth-order valence-electron chi connectivity index (χ4n) is 2.09. The Balaban J connectivity index is 1.76. The molecule has 1 N–H and O–H groups in total. The summed E-state index contributed by atoms with van der Waals surface area (Å²) in [5.74, 6) is -0.523. The Bertz CT molecular complexity index is 1010. The van der Waals surface area contributed by atoms with Gasteiger partial charge in [-0.2, -0.15) is 5.10 Å². The number of nitrogens with zero attached hydrogens (tertiary/aromatic N) is 2. The number of rotatable bonds is 4. The van der Waals surface area contributed by atoms with Crippen molar-refractivity contribution in [2.24, 2.45) is 5.10 Å². The first-order valence-electron chi connectivity index (χ1n) is 6.90. The first-order chi connectivity index (χ1) is 11.9. The number of fused-ring (bicyclic) bond motifs is 1. The summed E-state index contributed by atoms with van der Waals surface area (Å²) < 4.78 is 5.40. The van der Waals surface area contributed by atoms with Gasteiger partial charge < -0.3 is 4.42 Å². The minimum atomic E-state index is -0.579. The monoisotopic (exact) mass is 377 g/mol. The minimum absolute atomic E-state index is 0.0551. The van der Waals surface area contributed by atoms with E-state index in [9.17, 15) is 14.9 Å². The van der Waals surface area contributed by atoms with Gasteiger partial charge in [-0.25, -0.2) is 5.43 Å². The van der Waals surface area contributed by atoms with E-state index in [1.54, 1.807) is 18.2 Å². The third-order valence-corrected chi connectivity index (χ3v) is 3.84. The Morgan fingerprint density at radius 2 is 2.00 bits per heavy atom. The van der Waals surface area contributed by atoms with Gasteiger partial charge in [0.05, 0.1) is 11.1 Å². The molecule has 1 amide bonds. The highest BCUT2D eigenvalue weighted by Gasteiger charge is 2.12. The Morgan fingerprint density at radius 3 is 2.76 bits per heavy atom. The van der Waals surface area contributed by atoms with E-state index in [0.717, 1.165) is 0 Å². The molecular formula is C16H9Cl2N3O4. The number of amides is 1. The highest BCUT2D eigenvalue weighted by molar-refractivity contribution is 6.33. The molecule has 2 aromatic carbocycles. The third kappa shape index (κ3) is 3.78. The van der Waals surface area contributed by atoms with Gasteiger partial charge in [-0.3, -0.25) is 14.9 Å². The zero-order valence-electron chi connectivity index (χ0n) is 12.4. The van der Waals surface area contributed by atoms with Crippen LogP contribution in [0.3, 0.4) is 0 Å². The maximum absolute atomic E-state index is 12.1. The molecule has 3 aromatic rings. The van der Waals surface area contributed by atoms with Crippen LogP contribution in [0, 0.1) is 10.1 Å². The van der Waals surface area contributed by atoms with Gasteiger partial charge in [-0.05, 0) is 30.3 Å². The summed E-state index contributed by atoms with van der Waals surface area (Å²) in [4.78, 5) is 22.3. The predicted octanol–water partition coefficient (Wildman–Crippen LogP) is 4.41. The van der Waals surface area contributed by atoms with Crippen molar-refractivity contribution in [1.82, 2.24) is 5.43 Å². The zero-order chi connectivity index (χ0) is 18.0. The van der Waals surface area contributed by atoms with E-state index in [0.29, 0.717) is 21.6 Å². The average molecular weight is 378 g/mol. The molecule has 1 heterocycles. The Morgan fingerprint density at radius 1 is 1.20 bits per heavy atom. The van der Waals surface area contributed by atoms with Gasteiger partial charge in [0.25, 0.3) is 5.69 Å². The van der Waals surface area contributed by atoms with Gasteiger partial charge in [-0.1, -0.05) is 23.2 Å². The molecule has 0 fully saturated rings. The number of nitro benzene ring substituents is 1. The normalized spacial score (nSPS) is 11.1. The van der Waals surface area contributed by atoms with Crippen molar-refractivity contribution >= 4 is 52.0 Å². The van der Waals surface area contributed by atoms with Crippen molar-refractivity contribution in [2.45, 2.75) is 0 Å². The van der Waals surface area contributed by atoms with Gasteiger partial charge >= 0.3 is 5.91 Å². The topological polar surface area (TPSA) is 97.7 Å². The maximum Gasteiger partial charge on any atom is 0.307 e. The fourth-order valence-corrected chi connectivity index (χ4v) is 2.43. The third-order valence-electron chi connectivity index (χ3n) is 3.26. The van der Waals surface area contributed by atoms with Crippen LogP contribution in [0.2, 0.25) is 10.0 Å². The van der Waals surface area contributed by atoms with Crippen LogP contribution in [0.4, 0.5) is 5.69 Å². The number of benzene rings is 2. The van der Waals surface area contributed by atoms with E-state index >= 15 is 0 Å². The molecule has 0 saturated carbocycles. The van der Waals surface area contributed by atoms with Crippen LogP contribution in [0.25, 0.3) is 11.0 Å². The van der Waals surface area contributed by atoms with Gasteiger partial charge in [0.2, 0.25) is 0 Å². The number of hydrazone groups is 1. The van der Waals surface area contributed by atoms with Crippen LogP contribution in [0.5, 0.6) is 0 Å². The molecule has 0 radical (unpaired) electrons. The Labute approximate surface area is 151 Å². The second kappa shape index (κ2) is 6.92. The molecule has 25 heavy (non-hydrogen) atoms. The number of carbonyl (C=O) groups is 1. The highest BCUT2D eigenvalue weighted by Crippen LogP contribution is 2.23. The molecule has 3 rings (SSSR count). The smallest absolute Gasteiger partial charge is 0.307 e. The first kappa shape index (κ1) is 16.9. The number of non-ortho nitro benzene ring substituents is 1. The molecule has 1 aromatic heterocycles. The molecule has 0 aliphatic carbocycles. The van der Waals surface area contributed by atoms with Crippen molar-refractivity contribution in [3.8, 4) is 0 Å². The number of carbonyl (C=O) groups excluding carboxylic acids is 1. The number of furan rings is 1. The summed E-state index contributed by atoms with van der Waals surface area (Å²) in [6.45, 7) is 0. The average Bonchev–Trinajstić information content (AvgIpc) is 2.99. The second-order valence-electron chi connectivity index (χ2n) is 4.95. The summed E-state index contributed by atoms with van der Waals surface area (Å²) in [7, 11) is 0. The summed E-state index contributed by atoms with van der Waals surface area (Å²) in [5.41, 5.74) is 2.95. The lowest BCUT2D eigenvalue weighted by Gasteiger charge is -1.98. The SMILES string of the molecule is O=C(N/N=C\c1cc([N+](=O)[O-])ccc1Cl)c1cc2cc(Cl)ccc2o1. The van der Waals surface area contributed by atoms with Crippen LogP contribution in [0.1, 0.15) is 16.1 Å². The van der Waals surface area contributed by atoms with Crippen molar-refractivity contribution in [2.75, 3.05) is 0 Å². The predicted molar refractivity (Wildman–Crippen MR) is 94.4 cm³/mol. The zero-order valence-corrected chi connectivity index (χ0v) is 13.9. The van der Waals surface area contributed by atoms with Gasteiger partial charge in [0.1, 0.15) is 5.58 Å². The molecular weight excluding hydrogens is 369 g/mol. The number of hydrogen-bond acceptors (Lipinski definition) is 5. The Kier molecular flexibility index (Phi) is 4.69. The van der Waals surface area contributed by atoms with E-state index in [2.05, 4.69) is 10.5 Å². The van der Waals surface area contributed by atoms with E-state index < -0.39 is 10.8 Å². The maximum atomic E-state index is 12.1. The van der Waals surface area contributed by atoms with Gasteiger partial charge in [0.15, 0.2) is 5.76 Å².